The first-order chi connectivity index (χ1) is 14.2. The van der Waals surface area contributed by atoms with Crippen molar-refractivity contribution in [3.63, 3.8) is 0 Å². The molecule has 1 aliphatic rings. The Morgan fingerprint density at radius 3 is 2.97 bits per heavy atom. The van der Waals surface area contributed by atoms with Crippen LogP contribution in [0.4, 0.5) is 5.69 Å². The molecule has 3 heterocycles. The molecule has 0 atom stereocenters. The molecule has 0 unspecified atom stereocenters. The molecule has 6 nitrogen and oxygen atoms in total. The van der Waals surface area contributed by atoms with E-state index in [9.17, 15) is 9.59 Å². The lowest BCUT2D eigenvalue weighted by Crippen LogP contribution is -2.21. The molecule has 0 bridgehead atoms. The van der Waals surface area contributed by atoms with E-state index in [1.807, 2.05) is 24.3 Å². The number of H-pyrrole nitrogens is 1. The first-order valence-electron chi connectivity index (χ1n) is 10.1. The summed E-state index contributed by atoms with van der Waals surface area (Å²) in [5.74, 6) is 0.811. The van der Waals surface area contributed by atoms with E-state index < -0.39 is 0 Å². The normalized spacial score (nSPS) is 13.1. The van der Waals surface area contributed by atoms with Crippen LogP contribution in [-0.4, -0.2) is 20.4 Å². The zero-order valence-electron chi connectivity index (χ0n) is 16.1. The predicted molar refractivity (Wildman–Crippen MR) is 114 cm³/mol. The van der Waals surface area contributed by atoms with Gasteiger partial charge in [-0.15, -0.1) is 0 Å². The zero-order chi connectivity index (χ0) is 19.8. The highest BCUT2D eigenvalue weighted by Crippen LogP contribution is 2.19. The van der Waals surface area contributed by atoms with E-state index in [1.54, 1.807) is 10.6 Å². The van der Waals surface area contributed by atoms with Gasteiger partial charge in [0.2, 0.25) is 5.91 Å². The first-order valence-corrected chi connectivity index (χ1v) is 10.1. The minimum absolute atomic E-state index is 0.0163. The number of hydrogen-bond acceptors (Lipinski definition) is 3. The molecule has 0 fully saturated rings. The Morgan fingerprint density at radius 2 is 2.07 bits per heavy atom. The van der Waals surface area contributed by atoms with Crippen molar-refractivity contribution in [2.45, 2.75) is 38.6 Å². The number of fused-ring (bicyclic) bond motifs is 3. The number of carbonyl (C=O) groups is 1. The maximum Gasteiger partial charge on any atom is 0.261 e. The first kappa shape index (κ1) is 17.7. The van der Waals surface area contributed by atoms with Crippen molar-refractivity contribution >= 4 is 33.4 Å². The van der Waals surface area contributed by atoms with Gasteiger partial charge in [0.15, 0.2) is 0 Å². The second kappa shape index (κ2) is 7.20. The van der Waals surface area contributed by atoms with E-state index in [-0.39, 0.29) is 11.5 Å². The van der Waals surface area contributed by atoms with Crippen molar-refractivity contribution in [2.75, 3.05) is 5.32 Å². The topological polar surface area (TPSA) is 79.8 Å². The number of rotatable bonds is 5. The number of para-hydroxylation sites is 1. The van der Waals surface area contributed by atoms with E-state index in [0.29, 0.717) is 23.0 Å². The smallest absolute Gasteiger partial charge is 0.261 e. The third-order valence-corrected chi connectivity index (χ3v) is 5.53. The molecule has 5 rings (SSSR count). The van der Waals surface area contributed by atoms with Gasteiger partial charge in [-0.05, 0) is 55.0 Å². The minimum atomic E-state index is -0.0466. The summed E-state index contributed by atoms with van der Waals surface area (Å²) in [4.78, 5) is 33.0. The third kappa shape index (κ3) is 3.42. The molecule has 4 aromatic rings. The van der Waals surface area contributed by atoms with Crippen LogP contribution in [0.1, 0.15) is 30.8 Å². The number of anilines is 1. The van der Waals surface area contributed by atoms with Gasteiger partial charge in [0, 0.05) is 36.3 Å². The average molecular weight is 386 g/mol. The number of nitrogens with zero attached hydrogens (tertiary/aromatic N) is 2. The van der Waals surface area contributed by atoms with Gasteiger partial charge in [-0.25, -0.2) is 4.98 Å². The summed E-state index contributed by atoms with van der Waals surface area (Å²) in [5, 5.41) is 4.67. The SMILES string of the molecule is O=C(CCCc1cc2ccccc2[nH]1)Nc1ccc2nc3n(c(=O)c2c1)CCC3. The highest BCUT2D eigenvalue weighted by molar-refractivity contribution is 5.93. The van der Waals surface area contributed by atoms with Crippen LogP contribution in [0.15, 0.2) is 53.3 Å². The molecule has 29 heavy (non-hydrogen) atoms. The fourth-order valence-electron chi connectivity index (χ4n) is 4.09. The monoisotopic (exact) mass is 386 g/mol. The van der Waals surface area contributed by atoms with Crippen molar-refractivity contribution in [2.24, 2.45) is 0 Å². The molecule has 1 aliphatic heterocycles. The minimum Gasteiger partial charge on any atom is -0.358 e. The molecule has 2 aromatic heterocycles. The van der Waals surface area contributed by atoms with Crippen molar-refractivity contribution in [1.82, 2.24) is 14.5 Å². The molecule has 0 spiro atoms. The summed E-state index contributed by atoms with van der Waals surface area (Å²) < 4.78 is 1.74. The fraction of sp³-hybridized carbons (Fsp3) is 0.261. The number of carbonyl (C=O) groups excluding carboxylic acids is 1. The van der Waals surface area contributed by atoms with Gasteiger partial charge in [0.05, 0.1) is 10.9 Å². The van der Waals surface area contributed by atoms with Gasteiger partial charge in [-0.2, -0.15) is 0 Å². The van der Waals surface area contributed by atoms with E-state index in [4.69, 9.17) is 0 Å². The van der Waals surface area contributed by atoms with E-state index in [2.05, 4.69) is 33.5 Å². The van der Waals surface area contributed by atoms with E-state index >= 15 is 0 Å². The number of aromatic nitrogens is 3. The number of benzene rings is 2. The largest absolute Gasteiger partial charge is 0.358 e. The van der Waals surface area contributed by atoms with Gasteiger partial charge < -0.3 is 10.3 Å². The van der Waals surface area contributed by atoms with Gasteiger partial charge >= 0.3 is 0 Å². The Morgan fingerprint density at radius 1 is 1.17 bits per heavy atom. The van der Waals surface area contributed by atoms with Crippen molar-refractivity contribution < 1.29 is 4.79 Å². The van der Waals surface area contributed by atoms with Crippen LogP contribution in [0, 0.1) is 0 Å². The Hall–Kier alpha value is -3.41. The van der Waals surface area contributed by atoms with Crippen LogP contribution in [-0.2, 0) is 24.2 Å². The van der Waals surface area contributed by atoms with Crippen molar-refractivity contribution in [1.29, 1.82) is 0 Å². The summed E-state index contributed by atoms with van der Waals surface area (Å²) in [6.07, 6.45) is 3.80. The second-order valence-electron chi connectivity index (χ2n) is 7.60. The Kier molecular flexibility index (Phi) is 4.39. The van der Waals surface area contributed by atoms with Gasteiger partial charge in [-0.1, -0.05) is 18.2 Å². The third-order valence-electron chi connectivity index (χ3n) is 5.53. The lowest BCUT2D eigenvalue weighted by atomic mass is 10.1. The molecule has 2 aromatic carbocycles. The molecule has 0 saturated carbocycles. The van der Waals surface area contributed by atoms with E-state index in [0.717, 1.165) is 49.3 Å². The quantitative estimate of drug-likeness (QED) is 0.548. The van der Waals surface area contributed by atoms with Crippen LogP contribution in [0.3, 0.4) is 0 Å². The Labute approximate surface area is 167 Å². The van der Waals surface area contributed by atoms with Crippen LogP contribution >= 0.6 is 0 Å². The molecular weight excluding hydrogens is 364 g/mol. The molecule has 6 heteroatoms. The number of amides is 1. The molecule has 2 N–H and O–H groups in total. The van der Waals surface area contributed by atoms with Crippen molar-refractivity contribution in [3.05, 3.63) is 70.4 Å². The molecule has 0 radical (unpaired) electrons. The summed E-state index contributed by atoms with van der Waals surface area (Å²) in [7, 11) is 0. The summed E-state index contributed by atoms with van der Waals surface area (Å²) in [5.41, 5.74) is 3.58. The Balaban J connectivity index is 1.24. The van der Waals surface area contributed by atoms with Gasteiger partial charge in [0.25, 0.3) is 5.56 Å². The average Bonchev–Trinajstić information content (AvgIpc) is 3.35. The standard InChI is InChI=1S/C23H22N4O2/c28-22(9-3-6-16-13-15-5-1-2-7-19(15)24-16)25-17-10-11-20-18(14-17)23(29)27-12-4-8-21(27)26-20/h1-2,5,7,10-11,13-14,24H,3-4,6,8-9,12H2,(H,25,28). The molecule has 0 aliphatic carbocycles. The predicted octanol–water partition coefficient (Wildman–Crippen LogP) is 3.79. The number of nitrogens with one attached hydrogen (secondary N) is 2. The lowest BCUT2D eigenvalue weighted by Gasteiger charge is -2.08. The highest BCUT2D eigenvalue weighted by Gasteiger charge is 2.16. The van der Waals surface area contributed by atoms with Crippen LogP contribution in [0.25, 0.3) is 21.8 Å². The number of aromatic amines is 1. The van der Waals surface area contributed by atoms with Gasteiger partial charge in [0.1, 0.15) is 5.82 Å². The Bertz CT molecular complexity index is 1250. The zero-order valence-corrected chi connectivity index (χ0v) is 16.1. The second-order valence-corrected chi connectivity index (χ2v) is 7.60. The summed E-state index contributed by atoms with van der Waals surface area (Å²) >= 11 is 0. The summed E-state index contributed by atoms with van der Waals surface area (Å²) in [6, 6.07) is 15.7. The molecular formula is C23H22N4O2. The summed E-state index contributed by atoms with van der Waals surface area (Å²) in [6.45, 7) is 0.724. The van der Waals surface area contributed by atoms with Crippen LogP contribution in [0.5, 0.6) is 0 Å². The highest BCUT2D eigenvalue weighted by atomic mass is 16.1. The molecule has 0 saturated heterocycles. The van der Waals surface area contributed by atoms with Crippen LogP contribution in [0.2, 0.25) is 0 Å². The van der Waals surface area contributed by atoms with E-state index in [1.165, 1.54) is 5.39 Å². The lowest BCUT2D eigenvalue weighted by molar-refractivity contribution is -0.116. The van der Waals surface area contributed by atoms with Crippen molar-refractivity contribution in [3.8, 4) is 0 Å². The maximum atomic E-state index is 12.7. The molecule has 1 amide bonds. The molecule has 146 valence electrons. The fourth-order valence-corrected chi connectivity index (χ4v) is 4.09. The number of aryl methyl sites for hydroxylation is 2. The maximum absolute atomic E-state index is 12.7. The van der Waals surface area contributed by atoms with Crippen LogP contribution < -0.4 is 10.9 Å². The number of hydrogen-bond donors (Lipinski definition) is 2. The van der Waals surface area contributed by atoms with Gasteiger partial charge in [-0.3, -0.25) is 14.2 Å².